The Morgan fingerprint density at radius 3 is 2.14 bits per heavy atom. The van der Waals surface area contributed by atoms with Gasteiger partial charge in [0.05, 0.1) is 36.4 Å². The second-order valence-electron chi connectivity index (χ2n) is 9.48. The lowest BCUT2D eigenvalue weighted by Crippen LogP contribution is -2.46. The van der Waals surface area contributed by atoms with Crippen LogP contribution >= 0.6 is 0 Å². The summed E-state index contributed by atoms with van der Waals surface area (Å²) < 4.78 is 5.68. The van der Waals surface area contributed by atoms with Gasteiger partial charge in [-0.05, 0) is 37.3 Å². The smallest absolute Gasteiger partial charge is 0.238 e. The molecule has 3 heterocycles. The number of hydrogen-bond acceptors (Lipinski definition) is 8. The highest BCUT2D eigenvalue weighted by Crippen LogP contribution is 2.34. The van der Waals surface area contributed by atoms with Gasteiger partial charge in [0.1, 0.15) is 5.75 Å². The third-order valence-corrected chi connectivity index (χ3v) is 6.76. The number of nitrogens with zero attached hydrogens (tertiary/aromatic N) is 3. The van der Waals surface area contributed by atoms with Crippen molar-refractivity contribution >= 4 is 45.0 Å². The largest absolute Gasteiger partial charge is 0.494 e. The first-order valence-electron chi connectivity index (χ1n) is 13.1. The zero-order valence-electron chi connectivity index (χ0n) is 21.3. The van der Waals surface area contributed by atoms with E-state index in [0.717, 1.165) is 79.9 Å². The van der Waals surface area contributed by atoms with E-state index in [9.17, 15) is 9.59 Å². The first kappa shape index (κ1) is 25.3. The molecule has 2 saturated heterocycles. The normalized spacial score (nSPS) is 17.1. The minimum atomic E-state index is -0.0715. The second-order valence-corrected chi connectivity index (χ2v) is 9.48. The molecule has 2 fully saturated rings. The standard InChI is InChI=1S/C27H35N7O3/c1-2-37-20-4-5-21-24(16-20)31-23-6-3-19(30-25(35)17-33-11-7-28-8-12-33)15-22(23)27(21)32-26(36)18-34-13-9-29-10-14-34/h3-6,15-16,28-29H,2,7-14,17-18H2,1H3,(H,30,35)(H,31,32,36). The lowest BCUT2D eigenvalue weighted by atomic mass is 10.1. The summed E-state index contributed by atoms with van der Waals surface area (Å²) in [6, 6.07) is 11.4. The van der Waals surface area contributed by atoms with Gasteiger partial charge in [0.25, 0.3) is 0 Å². The number of fused-ring (bicyclic) bond motifs is 2. The number of benzene rings is 2. The number of pyridine rings is 1. The Morgan fingerprint density at radius 1 is 0.838 bits per heavy atom. The average Bonchev–Trinajstić information content (AvgIpc) is 2.90. The molecular weight excluding hydrogens is 470 g/mol. The van der Waals surface area contributed by atoms with E-state index in [1.165, 1.54) is 0 Å². The van der Waals surface area contributed by atoms with E-state index in [2.05, 4.69) is 31.1 Å². The number of carbonyl (C=O) groups is 2. The number of carbonyl (C=O) groups excluding carboxylic acids is 2. The summed E-state index contributed by atoms with van der Waals surface area (Å²) in [5.41, 5.74) is 2.85. The molecule has 4 N–H and O–H groups in total. The molecule has 0 unspecified atom stereocenters. The Morgan fingerprint density at radius 2 is 1.49 bits per heavy atom. The molecule has 0 aliphatic carbocycles. The molecule has 1 aromatic heterocycles. The van der Waals surface area contributed by atoms with Gasteiger partial charge < -0.3 is 26.0 Å². The molecule has 2 aromatic carbocycles. The van der Waals surface area contributed by atoms with Gasteiger partial charge in [-0.25, -0.2) is 4.98 Å². The number of aromatic nitrogens is 1. The maximum atomic E-state index is 13.1. The Bertz CT molecular complexity index is 1270. The number of ether oxygens (including phenoxy) is 1. The van der Waals surface area contributed by atoms with Crippen molar-refractivity contribution in [2.45, 2.75) is 6.92 Å². The van der Waals surface area contributed by atoms with Crippen LogP contribution in [0.1, 0.15) is 6.92 Å². The SMILES string of the molecule is CCOc1ccc2c(NC(=O)CN3CCNCC3)c3cc(NC(=O)CN4CCNCC4)ccc3nc2c1. The first-order chi connectivity index (χ1) is 18.1. The fraction of sp³-hybridized carbons (Fsp3) is 0.444. The van der Waals surface area contributed by atoms with E-state index in [-0.39, 0.29) is 11.8 Å². The van der Waals surface area contributed by atoms with Crippen molar-refractivity contribution in [3.8, 4) is 5.75 Å². The second kappa shape index (κ2) is 11.8. The topological polar surface area (TPSA) is 111 Å². The maximum absolute atomic E-state index is 13.1. The summed E-state index contributed by atoms with van der Waals surface area (Å²) in [6.45, 7) is 10.1. The molecule has 10 heteroatoms. The van der Waals surface area contributed by atoms with Crippen molar-refractivity contribution in [1.82, 2.24) is 25.4 Å². The van der Waals surface area contributed by atoms with Gasteiger partial charge in [0, 0.05) is 74.9 Å². The van der Waals surface area contributed by atoms with E-state index in [1.807, 2.05) is 43.3 Å². The van der Waals surface area contributed by atoms with Crippen LogP contribution in [0, 0.1) is 0 Å². The predicted molar refractivity (Wildman–Crippen MR) is 146 cm³/mol. The van der Waals surface area contributed by atoms with Gasteiger partial charge in [0.2, 0.25) is 11.8 Å². The summed E-state index contributed by atoms with van der Waals surface area (Å²) in [6.07, 6.45) is 0. The first-order valence-corrected chi connectivity index (χ1v) is 13.1. The highest BCUT2D eigenvalue weighted by Gasteiger charge is 2.18. The third kappa shape index (κ3) is 6.34. The van der Waals surface area contributed by atoms with Crippen LogP contribution in [0.3, 0.4) is 0 Å². The quantitative estimate of drug-likeness (QED) is 0.341. The summed E-state index contributed by atoms with van der Waals surface area (Å²) in [4.78, 5) is 35.0. The van der Waals surface area contributed by atoms with Crippen LogP contribution in [0.15, 0.2) is 36.4 Å². The summed E-state index contributed by atoms with van der Waals surface area (Å²) in [7, 11) is 0. The molecule has 196 valence electrons. The van der Waals surface area contributed by atoms with Gasteiger partial charge in [0.15, 0.2) is 0 Å². The number of amides is 2. The monoisotopic (exact) mass is 505 g/mol. The van der Waals surface area contributed by atoms with Crippen molar-refractivity contribution in [2.24, 2.45) is 0 Å². The molecule has 37 heavy (non-hydrogen) atoms. The zero-order valence-corrected chi connectivity index (χ0v) is 21.3. The molecule has 2 amide bonds. The van der Waals surface area contributed by atoms with Crippen molar-refractivity contribution in [1.29, 1.82) is 0 Å². The van der Waals surface area contributed by atoms with Crippen molar-refractivity contribution in [3.63, 3.8) is 0 Å². The van der Waals surface area contributed by atoms with Crippen LogP contribution in [0.2, 0.25) is 0 Å². The molecule has 0 atom stereocenters. The van der Waals surface area contributed by atoms with E-state index in [4.69, 9.17) is 9.72 Å². The molecule has 0 saturated carbocycles. The summed E-state index contributed by atoms with van der Waals surface area (Å²) >= 11 is 0. The van der Waals surface area contributed by atoms with Gasteiger partial charge in [-0.3, -0.25) is 19.4 Å². The van der Waals surface area contributed by atoms with Crippen molar-refractivity contribution in [2.75, 3.05) is 82.7 Å². The minimum absolute atomic E-state index is 0.0550. The van der Waals surface area contributed by atoms with Gasteiger partial charge in [-0.2, -0.15) is 0 Å². The summed E-state index contributed by atoms with van der Waals surface area (Å²) in [5.74, 6) is 0.607. The number of nitrogens with one attached hydrogen (secondary N) is 4. The fourth-order valence-corrected chi connectivity index (χ4v) is 4.92. The third-order valence-electron chi connectivity index (χ3n) is 6.76. The van der Waals surface area contributed by atoms with Gasteiger partial charge >= 0.3 is 0 Å². The Kier molecular flexibility index (Phi) is 8.10. The zero-order chi connectivity index (χ0) is 25.6. The highest BCUT2D eigenvalue weighted by molar-refractivity contribution is 6.14. The highest BCUT2D eigenvalue weighted by atomic mass is 16.5. The predicted octanol–water partition coefficient (Wildman–Crippen LogP) is 1.47. The number of anilines is 2. The van der Waals surface area contributed by atoms with Crippen LogP contribution in [0.4, 0.5) is 11.4 Å². The van der Waals surface area contributed by atoms with Gasteiger partial charge in [-0.1, -0.05) is 0 Å². The van der Waals surface area contributed by atoms with Crippen LogP contribution < -0.4 is 26.0 Å². The van der Waals surface area contributed by atoms with E-state index < -0.39 is 0 Å². The number of hydrogen-bond donors (Lipinski definition) is 4. The molecule has 10 nitrogen and oxygen atoms in total. The Labute approximate surface area is 216 Å². The summed E-state index contributed by atoms with van der Waals surface area (Å²) in [5, 5.41) is 14.4. The van der Waals surface area contributed by atoms with E-state index in [0.29, 0.717) is 31.1 Å². The molecule has 2 aliphatic rings. The van der Waals surface area contributed by atoms with Crippen molar-refractivity contribution in [3.05, 3.63) is 36.4 Å². The van der Waals surface area contributed by atoms with Crippen LogP contribution in [0.5, 0.6) is 5.75 Å². The van der Waals surface area contributed by atoms with Crippen LogP contribution in [-0.4, -0.2) is 98.7 Å². The minimum Gasteiger partial charge on any atom is -0.494 e. The lowest BCUT2D eigenvalue weighted by molar-refractivity contribution is -0.118. The molecule has 0 spiro atoms. The van der Waals surface area contributed by atoms with E-state index in [1.54, 1.807) is 0 Å². The molecule has 0 bridgehead atoms. The fourth-order valence-electron chi connectivity index (χ4n) is 4.92. The Balaban J connectivity index is 1.44. The molecule has 3 aromatic rings. The lowest BCUT2D eigenvalue weighted by Gasteiger charge is -2.26. The van der Waals surface area contributed by atoms with E-state index >= 15 is 0 Å². The molecule has 2 aliphatic heterocycles. The average molecular weight is 506 g/mol. The number of piperazine rings is 2. The Hall–Kier alpha value is -3.31. The van der Waals surface area contributed by atoms with Gasteiger partial charge in [-0.15, -0.1) is 0 Å². The molecule has 5 rings (SSSR count). The van der Waals surface area contributed by atoms with Crippen LogP contribution in [0.25, 0.3) is 21.8 Å². The maximum Gasteiger partial charge on any atom is 0.238 e. The van der Waals surface area contributed by atoms with Crippen molar-refractivity contribution < 1.29 is 14.3 Å². The molecule has 0 radical (unpaired) electrons. The number of rotatable bonds is 8. The molecular formula is C27H35N7O3. The van der Waals surface area contributed by atoms with Crippen LogP contribution in [-0.2, 0) is 9.59 Å².